The molecule has 0 bridgehead atoms. The molecule has 0 spiro atoms. The van der Waals surface area contributed by atoms with E-state index in [1.54, 1.807) is 14.2 Å². The number of hydrogen-bond donors (Lipinski definition) is 2. The molecule has 0 saturated carbocycles. The van der Waals surface area contributed by atoms with E-state index in [0.29, 0.717) is 13.2 Å². The molecule has 126 valence electrons. The Balaban J connectivity index is 0.00000441. The fourth-order valence-electron chi connectivity index (χ4n) is 1.85. The van der Waals surface area contributed by atoms with Crippen molar-refractivity contribution in [3.8, 4) is 5.75 Å². The largest absolute Gasteiger partial charge is 0.489 e. The van der Waals surface area contributed by atoms with Crippen LogP contribution in [0.2, 0.25) is 0 Å². The van der Waals surface area contributed by atoms with Crippen molar-refractivity contribution in [3.63, 3.8) is 0 Å². The van der Waals surface area contributed by atoms with Gasteiger partial charge in [-0.15, -0.1) is 24.0 Å². The highest BCUT2D eigenvalue weighted by molar-refractivity contribution is 14.0. The highest BCUT2D eigenvalue weighted by Crippen LogP contribution is 2.12. The lowest BCUT2D eigenvalue weighted by Gasteiger charge is -2.20. The van der Waals surface area contributed by atoms with E-state index in [9.17, 15) is 0 Å². The van der Waals surface area contributed by atoms with Crippen LogP contribution in [-0.2, 0) is 4.74 Å². The Labute approximate surface area is 150 Å². The third kappa shape index (κ3) is 8.43. The van der Waals surface area contributed by atoms with E-state index in [1.807, 2.05) is 38.1 Å². The van der Waals surface area contributed by atoms with Crippen LogP contribution in [-0.4, -0.2) is 45.4 Å². The van der Waals surface area contributed by atoms with Gasteiger partial charge < -0.3 is 20.1 Å². The first-order chi connectivity index (χ1) is 10.0. The van der Waals surface area contributed by atoms with Gasteiger partial charge in [0.05, 0.1) is 13.2 Å². The van der Waals surface area contributed by atoms with Crippen LogP contribution in [0.5, 0.6) is 5.75 Å². The van der Waals surface area contributed by atoms with Gasteiger partial charge in [0.1, 0.15) is 11.9 Å². The Hall–Kier alpha value is -1.02. The quantitative estimate of drug-likeness (QED) is 0.404. The monoisotopic (exact) mass is 421 g/mol. The Morgan fingerprint density at radius 3 is 2.41 bits per heavy atom. The summed E-state index contributed by atoms with van der Waals surface area (Å²) in [5.41, 5.74) is 1.23. The van der Waals surface area contributed by atoms with Crippen LogP contribution in [0.3, 0.4) is 0 Å². The molecule has 0 heterocycles. The first-order valence-corrected chi connectivity index (χ1v) is 7.24. The summed E-state index contributed by atoms with van der Waals surface area (Å²) >= 11 is 0. The topological polar surface area (TPSA) is 54.9 Å². The molecule has 0 aromatic heterocycles. The van der Waals surface area contributed by atoms with Crippen LogP contribution in [0.15, 0.2) is 29.3 Å². The van der Waals surface area contributed by atoms with Crippen molar-refractivity contribution in [2.45, 2.75) is 32.9 Å². The molecule has 2 atom stereocenters. The molecule has 0 aliphatic rings. The number of aliphatic imine (C=N–C) groups is 1. The molecule has 22 heavy (non-hydrogen) atoms. The van der Waals surface area contributed by atoms with E-state index < -0.39 is 0 Å². The second-order valence-electron chi connectivity index (χ2n) is 5.20. The van der Waals surface area contributed by atoms with Crippen molar-refractivity contribution in [2.75, 3.05) is 27.3 Å². The highest BCUT2D eigenvalue weighted by Gasteiger charge is 2.08. The SMILES string of the molecule is CN=C(NCC(C)Oc1ccc(C)cc1)NC(C)COC.I. The zero-order valence-electron chi connectivity index (χ0n) is 14.1. The third-order valence-corrected chi connectivity index (χ3v) is 2.94. The second-order valence-corrected chi connectivity index (χ2v) is 5.20. The van der Waals surface area contributed by atoms with Crippen molar-refractivity contribution in [3.05, 3.63) is 29.8 Å². The molecule has 2 unspecified atom stereocenters. The van der Waals surface area contributed by atoms with Crippen molar-refractivity contribution in [1.82, 2.24) is 10.6 Å². The number of benzene rings is 1. The lowest BCUT2D eigenvalue weighted by molar-refractivity contribution is 0.178. The van der Waals surface area contributed by atoms with Gasteiger partial charge in [-0.2, -0.15) is 0 Å². The molecule has 6 heteroatoms. The minimum Gasteiger partial charge on any atom is -0.489 e. The predicted molar refractivity (Wildman–Crippen MR) is 103 cm³/mol. The molecule has 0 aliphatic carbocycles. The van der Waals surface area contributed by atoms with E-state index in [2.05, 4.69) is 22.5 Å². The van der Waals surface area contributed by atoms with Gasteiger partial charge >= 0.3 is 0 Å². The Kier molecular flexibility index (Phi) is 11.0. The number of halogens is 1. The van der Waals surface area contributed by atoms with Crippen LogP contribution < -0.4 is 15.4 Å². The number of nitrogens with one attached hydrogen (secondary N) is 2. The molecule has 0 aliphatic heterocycles. The van der Waals surface area contributed by atoms with E-state index in [4.69, 9.17) is 9.47 Å². The summed E-state index contributed by atoms with van der Waals surface area (Å²) < 4.78 is 10.9. The smallest absolute Gasteiger partial charge is 0.191 e. The zero-order chi connectivity index (χ0) is 15.7. The number of ether oxygens (including phenoxy) is 2. The average Bonchev–Trinajstić information content (AvgIpc) is 2.46. The maximum Gasteiger partial charge on any atom is 0.191 e. The summed E-state index contributed by atoms with van der Waals surface area (Å²) in [7, 11) is 3.44. The molecular weight excluding hydrogens is 393 g/mol. The molecule has 5 nitrogen and oxygen atoms in total. The average molecular weight is 421 g/mol. The van der Waals surface area contributed by atoms with Gasteiger partial charge in [0.2, 0.25) is 0 Å². The van der Waals surface area contributed by atoms with E-state index in [0.717, 1.165) is 11.7 Å². The predicted octanol–water partition coefficient (Wildman–Crippen LogP) is 2.58. The van der Waals surface area contributed by atoms with Crippen LogP contribution in [0.1, 0.15) is 19.4 Å². The Morgan fingerprint density at radius 2 is 1.86 bits per heavy atom. The van der Waals surface area contributed by atoms with Crippen molar-refractivity contribution in [1.29, 1.82) is 0 Å². The van der Waals surface area contributed by atoms with Crippen LogP contribution in [0.25, 0.3) is 0 Å². The van der Waals surface area contributed by atoms with Crippen LogP contribution >= 0.6 is 24.0 Å². The third-order valence-electron chi connectivity index (χ3n) is 2.94. The summed E-state index contributed by atoms with van der Waals surface area (Å²) in [6.07, 6.45) is 0.0454. The lowest BCUT2D eigenvalue weighted by Crippen LogP contribution is -2.46. The number of hydrogen-bond acceptors (Lipinski definition) is 3. The van der Waals surface area contributed by atoms with Crippen LogP contribution in [0.4, 0.5) is 0 Å². The number of guanidine groups is 1. The maximum absolute atomic E-state index is 5.85. The summed E-state index contributed by atoms with van der Waals surface area (Å²) in [5.74, 6) is 1.63. The number of nitrogens with zero attached hydrogens (tertiary/aromatic N) is 1. The molecule has 0 fully saturated rings. The van der Waals surface area contributed by atoms with Gasteiger partial charge in [0.15, 0.2) is 5.96 Å². The molecule has 0 amide bonds. The van der Waals surface area contributed by atoms with Gasteiger partial charge in [0, 0.05) is 20.2 Å². The molecular formula is C16H28IN3O2. The highest BCUT2D eigenvalue weighted by atomic mass is 127. The normalized spacial score (nSPS) is 13.8. The molecule has 1 rings (SSSR count). The van der Waals surface area contributed by atoms with Crippen molar-refractivity contribution >= 4 is 29.9 Å². The van der Waals surface area contributed by atoms with Crippen LogP contribution in [0, 0.1) is 6.92 Å². The molecule has 2 N–H and O–H groups in total. The van der Waals surface area contributed by atoms with Gasteiger partial charge in [-0.3, -0.25) is 4.99 Å². The first kappa shape index (κ1) is 21.0. The number of rotatable bonds is 7. The molecule has 0 saturated heterocycles. The summed E-state index contributed by atoms with van der Waals surface area (Å²) in [5, 5.41) is 6.50. The molecule has 1 aromatic carbocycles. The Bertz CT molecular complexity index is 438. The number of aryl methyl sites for hydroxylation is 1. The van der Waals surface area contributed by atoms with Gasteiger partial charge in [0.25, 0.3) is 0 Å². The van der Waals surface area contributed by atoms with Crippen molar-refractivity contribution < 1.29 is 9.47 Å². The maximum atomic E-state index is 5.85. The number of methoxy groups -OCH3 is 1. The van der Waals surface area contributed by atoms with E-state index >= 15 is 0 Å². The summed E-state index contributed by atoms with van der Waals surface area (Å²) in [6, 6.07) is 8.26. The fraction of sp³-hybridized carbons (Fsp3) is 0.562. The van der Waals surface area contributed by atoms with Gasteiger partial charge in [-0.05, 0) is 32.9 Å². The first-order valence-electron chi connectivity index (χ1n) is 7.24. The Morgan fingerprint density at radius 1 is 1.23 bits per heavy atom. The summed E-state index contributed by atoms with van der Waals surface area (Å²) in [4.78, 5) is 4.18. The fourth-order valence-corrected chi connectivity index (χ4v) is 1.85. The van der Waals surface area contributed by atoms with E-state index in [-0.39, 0.29) is 36.1 Å². The zero-order valence-corrected chi connectivity index (χ0v) is 16.4. The minimum atomic E-state index is 0. The molecule has 1 aromatic rings. The summed E-state index contributed by atoms with van der Waals surface area (Å²) in [6.45, 7) is 7.44. The standard InChI is InChI=1S/C16H27N3O2.HI/c1-12-6-8-15(9-7-12)21-14(3)10-18-16(17-4)19-13(2)11-20-5;/h6-9,13-14H,10-11H2,1-5H3,(H2,17,18,19);1H. The van der Waals surface area contributed by atoms with Crippen molar-refractivity contribution in [2.24, 2.45) is 4.99 Å². The molecule has 0 radical (unpaired) electrons. The van der Waals surface area contributed by atoms with Gasteiger partial charge in [-0.25, -0.2) is 0 Å². The second kappa shape index (κ2) is 11.5. The van der Waals surface area contributed by atoms with E-state index in [1.165, 1.54) is 5.56 Å². The van der Waals surface area contributed by atoms with Gasteiger partial charge in [-0.1, -0.05) is 17.7 Å². The lowest BCUT2D eigenvalue weighted by atomic mass is 10.2. The minimum absolute atomic E-state index is 0.